The van der Waals surface area contributed by atoms with Gasteiger partial charge in [0.25, 0.3) is 0 Å². The zero-order chi connectivity index (χ0) is 17.3. The van der Waals surface area contributed by atoms with Crippen LogP contribution in [0.5, 0.6) is 5.75 Å². The second kappa shape index (κ2) is 7.30. The molecule has 0 saturated heterocycles. The van der Waals surface area contributed by atoms with Crippen LogP contribution in [0.1, 0.15) is 43.5 Å². The fourth-order valence-electron chi connectivity index (χ4n) is 3.76. The van der Waals surface area contributed by atoms with Crippen LogP contribution in [0, 0.1) is 15.4 Å². The van der Waals surface area contributed by atoms with Gasteiger partial charge >= 0.3 is 5.97 Å². The number of rotatable bonds is 3. The molecule has 0 unspecified atom stereocenters. The predicted octanol–water partition coefficient (Wildman–Crippen LogP) is 5.43. The highest BCUT2D eigenvalue weighted by Gasteiger charge is 2.26. The number of esters is 1. The number of fused-ring (bicyclic) bond motifs is 1. The van der Waals surface area contributed by atoms with Crippen molar-refractivity contribution in [1.29, 1.82) is 0 Å². The molecular weight excluding hydrogens is 415 g/mol. The topological polar surface area (TPSA) is 35.5 Å². The minimum absolute atomic E-state index is 0.295. The van der Waals surface area contributed by atoms with E-state index >= 15 is 0 Å². The number of hydrogen-bond acceptors (Lipinski definition) is 3. The maximum absolute atomic E-state index is 11.7. The SMILES string of the molecule is COC(=O)c1ccc2c(I)c(O[C@H]3C[C@H](C)C[C@H](C)C3)ccc2c1. The quantitative estimate of drug-likeness (QED) is 0.473. The van der Waals surface area contributed by atoms with E-state index in [9.17, 15) is 4.79 Å². The van der Waals surface area contributed by atoms with E-state index in [1.54, 1.807) is 0 Å². The van der Waals surface area contributed by atoms with Gasteiger partial charge in [0.1, 0.15) is 5.75 Å². The fraction of sp³-hybridized carbons (Fsp3) is 0.450. The average molecular weight is 438 g/mol. The zero-order valence-corrected chi connectivity index (χ0v) is 16.5. The lowest BCUT2D eigenvalue weighted by molar-refractivity contribution is 0.0601. The van der Waals surface area contributed by atoms with Crippen molar-refractivity contribution in [3.05, 3.63) is 39.5 Å². The Hall–Kier alpha value is -1.30. The van der Waals surface area contributed by atoms with Gasteiger partial charge in [-0.3, -0.25) is 0 Å². The van der Waals surface area contributed by atoms with E-state index in [-0.39, 0.29) is 5.97 Å². The lowest BCUT2D eigenvalue weighted by Crippen LogP contribution is -2.28. The Morgan fingerprint density at radius 2 is 1.79 bits per heavy atom. The number of benzene rings is 2. The van der Waals surface area contributed by atoms with Crippen molar-refractivity contribution in [3.8, 4) is 5.75 Å². The van der Waals surface area contributed by atoms with E-state index in [1.165, 1.54) is 13.5 Å². The van der Waals surface area contributed by atoms with Gasteiger partial charge in [-0.05, 0) is 82.7 Å². The van der Waals surface area contributed by atoms with Gasteiger partial charge in [-0.2, -0.15) is 0 Å². The zero-order valence-electron chi connectivity index (χ0n) is 14.3. The average Bonchev–Trinajstić information content (AvgIpc) is 2.55. The van der Waals surface area contributed by atoms with Gasteiger partial charge < -0.3 is 9.47 Å². The van der Waals surface area contributed by atoms with Gasteiger partial charge in [0.2, 0.25) is 0 Å². The van der Waals surface area contributed by atoms with E-state index in [4.69, 9.17) is 9.47 Å². The fourth-order valence-corrected chi connectivity index (χ4v) is 4.55. The first-order chi connectivity index (χ1) is 11.5. The van der Waals surface area contributed by atoms with Crippen molar-refractivity contribution < 1.29 is 14.3 Å². The summed E-state index contributed by atoms with van der Waals surface area (Å²) in [5, 5.41) is 2.14. The van der Waals surface area contributed by atoms with Crippen molar-refractivity contribution in [2.24, 2.45) is 11.8 Å². The molecule has 0 amide bonds. The summed E-state index contributed by atoms with van der Waals surface area (Å²) < 4.78 is 12.2. The van der Waals surface area contributed by atoms with Gasteiger partial charge in [-0.15, -0.1) is 0 Å². The first kappa shape index (κ1) is 17.5. The summed E-state index contributed by atoms with van der Waals surface area (Å²) in [6.07, 6.45) is 3.84. The van der Waals surface area contributed by atoms with Crippen LogP contribution in [0.3, 0.4) is 0 Å². The summed E-state index contributed by atoms with van der Waals surface area (Å²) in [6, 6.07) is 9.70. The first-order valence-corrected chi connectivity index (χ1v) is 9.53. The van der Waals surface area contributed by atoms with Crippen LogP contribution >= 0.6 is 22.6 Å². The Kier molecular flexibility index (Phi) is 5.33. The molecule has 24 heavy (non-hydrogen) atoms. The van der Waals surface area contributed by atoms with Gasteiger partial charge in [-0.25, -0.2) is 4.79 Å². The molecule has 1 aliphatic rings. The Morgan fingerprint density at radius 3 is 2.46 bits per heavy atom. The minimum atomic E-state index is -0.308. The maximum Gasteiger partial charge on any atom is 0.337 e. The predicted molar refractivity (Wildman–Crippen MR) is 105 cm³/mol. The molecule has 1 fully saturated rings. The van der Waals surface area contributed by atoms with Crippen LogP contribution in [-0.2, 0) is 4.74 Å². The molecule has 0 radical (unpaired) electrons. The van der Waals surface area contributed by atoms with Crippen LogP contribution in [0.25, 0.3) is 10.8 Å². The van der Waals surface area contributed by atoms with E-state index < -0.39 is 0 Å². The highest BCUT2D eigenvalue weighted by molar-refractivity contribution is 14.1. The number of carbonyl (C=O) groups excluding carboxylic acids is 1. The second-order valence-electron chi connectivity index (χ2n) is 6.96. The van der Waals surface area contributed by atoms with Gasteiger partial charge in [0.15, 0.2) is 0 Å². The Balaban J connectivity index is 1.87. The molecule has 2 aromatic rings. The van der Waals surface area contributed by atoms with Crippen molar-refractivity contribution in [3.63, 3.8) is 0 Å². The van der Waals surface area contributed by atoms with Gasteiger partial charge in [-0.1, -0.05) is 26.0 Å². The molecule has 0 heterocycles. The third-order valence-electron chi connectivity index (χ3n) is 4.77. The summed E-state index contributed by atoms with van der Waals surface area (Å²) >= 11 is 2.34. The van der Waals surface area contributed by atoms with E-state index in [0.717, 1.165) is 44.8 Å². The molecule has 1 aliphatic carbocycles. The lowest BCUT2D eigenvalue weighted by Gasteiger charge is -2.32. The van der Waals surface area contributed by atoms with Crippen molar-refractivity contribution in [2.75, 3.05) is 7.11 Å². The van der Waals surface area contributed by atoms with Gasteiger partial charge in [0, 0.05) is 0 Å². The van der Waals surface area contributed by atoms with Gasteiger partial charge in [0.05, 0.1) is 22.3 Å². The first-order valence-electron chi connectivity index (χ1n) is 8.45. The molecule has 0 aromatic heterocycles. The summed E-state index contributed by atoms with van der Waals surface area (Å²) in [7, 11) is 1.40. The number of ether oxygens (including phenoxy) is 2. The number of methoxy groups -OCH3 is 1. The Bertz CT molecular complexity index is 746. The standard InChI is InChI=1S/C20H23IO3/c1-12-8-13(2)10-16(9-12)24-18-7-5-14-11-15(20(22)23-3)4-6-17(14)19(18)21/h4-7,11-13,16H,8-10H2,1-3H3/t12-,13+,16+. The Labute approximate surface area is 156 Å². The lowest BCUT2D eigenvalue weighted by atomic mass is 9.82. The van der Waals surface area contributed by atoms with Crippen LogP contribution in [0.2, 0.25) is 0 Å². The maximum atomic E-state index is 11.7. The number of halogens is 1. The largest absolute Gasteiger partial charge is 0.489 e. The molecule has 2 aromatic carbocycles. The molecule has 0 N–H and O–H groups in total. The van der Waals surface area contributed by atoms with E-state index in [0.29, 0.717) is 11.7 Å². The van der Waals surface area contributed by atoms with Crippen LogP contribution in [0.15, 0.2) is 30.3 Å². The third-order valence-corrected chi connectivity index (χ3v) is 5.88. The number of carbonyl (C=O) groups is 1. The molecule has 3 nitrogen and oxygen atoms in total. The summed E-state index contributed by atoms with van der Waals surface area (Å²) in [4.78, 5) is 11.7. The minimum Gasteiger partial charge on any atom is -0.489 e. The monoisotopic (exact) mass is 438 g/mol. The van der Waals surface area contributed by atoms with Crippen LogP contribution in [-0.4, -0.2) is 19.2 Å². The summed E-state index contributed by atoms with van der Waals surface area (Å²) in [5.41, 5.74) is 0.574. The third kappa shape index (κ3) is 3.68. The molecule has 0 bridgehead atoms. The summed E-state index contributed by atoms with van der Waals surface area (Å²) in [6.45, 7) is 4.62. The van der Waals surface area contributed by atoms with E-state index in [2.05, 4.69) is 36.4 Å². The normalized spacial score (nSPS) is 23.9. The van der Waals surface area contributed by atoms with Crippen molar-refractivity contribution >= 4 is 39.3 Å². The van der Waals surface area contributed by atoms with Crippen LogP contribution < -0.4 is 4.74 Å². The molecular formula is C20H23IO3. The second-order valence-corrected chi connectivity index (χ2v) is 8.04. The van der Waals surface area contributed by atoms with E-state index in [1.807, 2.05) is 30.3 Å². The van der Waals surface area contributed by atoms with Crippen molar-refractivity contribution in [1.82, 2.24) is 0 Å². The van der Waals surface area contributed by atoms with Crippen molar-refractivity contribution in [2.45, 2.75) is 39.2 Å². The molecule has 3 atom stereocenters. The molecule has 128 valence electrons. The molecule has 4 heteroatoms. The summed E-state index contributed by atoms with van der Waals surface area (Å²) in [5.74, 6) is 2.08. The highest BCUT2D eigenvalue weighted by atomic mass is 127. The van der Waals surface area contributed by atoms with Crippen LogP contribution in [0.4, 0.5) is 0 Å². The molecule has 1 saturated carbocycles. The molecule has 0 spiro atoms. The smallest absolute Gasteiger partial charge is 0.337 e. The molecule has 0 aliphatic heterocycles. The highest BCUT2D eigenvalue weighted by Crippen LogP contribution is 2.35. The number of hydrogen-bond donors (Lipinski definition) is 0. The molecule has 3 rings (SSSR count). The Morgan fingerprint density at radius 1 is 1.08 bits per heavy atom.